The predicted molar refractivity (Wildman–Crippen MR) is 120 cm³/mol. The van der Waals surface area contributed by atoms with Crippen LogP contribution in [0.1, 0.15) is 6.42 Å². The van der Waals surface area contributed by atoms with Crippen LogP contribution in [0.15, 0.2) is 43.0 Å². The highest BCUT2D eigenvalue weighted by molar-refractivity contribution is 6.31. The first kappa shape index (κ1) is 22.8. The number of benzene rings is 2. The van der Waals surface area contributed by atoms with Crippen LogP contribution < -0.4 is 15.4 Å². The number of likely N-dealkylation sites (tertiary alicyclic amines) is 1. The molecule has 11 heteroatoms. The normalized spacial score (nSPS) is 16.1. The van der Waals surface area contributed by atoms with Gasteiger partial charge in [0.05, 0.1) is 16.9 Å². The number of anilines is 3. The molecule has 2 N–H and O–H groups in total. The van der Waals surface area contributed by atoms with Crippen LogP contribution in [0.5, 0.6) is 5.75 Å². The number of carbonyl (C=O) groups is 1. The molecule has 33 heavy (non-hydrogen) atoms. The van der Waals surface area contributed by atoms with Gasteiger partial charge in [-0.2, -0.15) is 0 Å². The fourth-order valence-corrected chi connectivity index (χ4v) is 3.65. The van der Waals surface area contributed by atoms with E-state index in [0.29, 0.717) is 17.4 Å². The first-order chi connectivity index (χ1) is 15.7. The van der Waals surface area contributed by atoms with Gasteiger partial charge in [-0.3, -0.25) is 4.79 Å². The van der Waals surface area contributed by atoms with Crippen LogP contribution in [0, 0.1) is 11.6 Å². The SMILES string of the molecule is C=C(F)C(=O)Nc1cc2c(Nc3ccc(F)c(Cl)c3F)ncnc2cc1OC1CCN(C)C1. The van der Waals surface area contributed by atoms with Crippen molar-refractivity contribution < 1.29 is 22.7 Å². The van der Waals surface area contributed by atoms with Gasteiger partial charge in [-0.15, -0.1) is 0 Å². The van der Waals surface area contributed by atoms with E-state index in [2.05, 4.69) is 32.1 Å². The summed E-state index contributed by atoms with van der Waals surface area (Å²) in [5.41, 5.74) is 0.467. The molecule has 1 atom stereocenters. The Bertz CT molecular complexity index is 1260. The molecule has 0 spiro atoms. The third-order valence-electron chi connectivity index (χ3n) is 5.16. The van der Waals surface area contributed by atoms with E-state index in [1.54, 1.807) is 6.07 Å². The molecule has 4 rings (SSSR count). The van der Waals surface area contributed by atoms with E-state index in [-0.39, 0.29) is 29.0 Å². The second kappa shape index (κ2) is 9.24. The Labute approximate surface area is 192 Å². The number of fused-ring (bicyclic) bond motifs is 1. The molecule has 3 aromatic rings. The maximum Gasteiger partial charge on any atom is 0.283 e. The van der Waals surface area contributed by atoms with Crippen molar-refractivity contribution in [3.63, 3.8) is 0 Å². The lowest BCUT2D eigenvalue weighted by molar-refractivity contribution is -0.114. The highest BCUT2D eigenvalue weighted by atomic mass is 35.5. The minimum atomic E-state index is -1.17. The molecule has 0 radical (unpaired) electrons. The van der Waals surface area contributed by atoms with Crippen LogP contribution in [-0.4, -0.2) is 47.0 Å². The topological polar surface area (TPSA) is 79.4 Å². The average Bonchev–Trinajstić information content (AvgIpc) is 3.19. The summed E-state index contributed by atoms with van der Waals surface area (Å²) in [6, 6.07) is 5.25. The van der Waals surface area contributed by atoms with Crippen LogP contribution in [0.4, 0.5) is 30.4 Å². The minimum Gasteiger partial charge on any atom is -0.487 e. The molecule has 0 saturated carbocycles. The quantitative estimate of drug-likeness (QED) is 0.392. The highest BCUT2D eigenvalue weighted by Gasteiger charge is 2.24. The maximum atomic E-state index is 14.4. The van der Waals surface area contributed by atoms with E-state index in [9.17, 15) is 18.0 Å². The number of nitrogens with zero attached hydrogens (tertiary/aromatic N) is 3. The van der Waals surface area contributed by atoms with Crippen LogP contribution in [0.25, 0.3) is 10.9 Å². The second-order valence-electron chi connectivity index (χ2n) is 7.59. The molecule has 1 fully saturated rings. The van der Waals surface area contributed by atoms with E-state index in [4.69, 9.17) is 16.3 Å². The van der Waals surface area contributed by atoms with Gasteiger partial charge in [0, 0.05) is 24.5 Å². The van der Waals surface area contributed by atoms with Gasteiger partial charge in [0.2, 0.25) is 0 Å². The number of rotatable bonds is 6. The molecule has 1 aliphatic heterocycles. The summed E-state index contributed by atoms with van der Waals surface area (Å²) in [4.78, 5) is 22.4. The zero-order valence-corrected chi connectivity index (χ0v) is 18.2. The van der Waals surface area contributed by atoms with Crippen LogP contribution in [0.3, 0.4) is 0 Å². The Balaban J connectivity index is 1.76. The van der Waals surface area contributed by atoms with Gasteiger partial charge in [-0.1, -0.05) is 18.2 Å². The molecule has 0 aliphatic carbocycles. The van der Waals surface area contributed by atoms with Gasteiger partial charge in [-0.25, -0.2) is 23.1 Å². The molecule has 1 unspecified atom stereocenters. The van der Waals surface area contributed by atoms with E-state index in [0.717, 1.165) is 19.0 Å². The Kier molecular flexibility index (Phi) is 6.39. The number of ether oxygens (including phenoxy) is 1. The van der Waals surface area contributed by atoms with Crippen LogP contribution in [0.2, 0.25) is 5.02 Å². The maximum absolute atomic E-state index is 14.4. The summed E-state index contributed by atoms with van der Waals surface area (Å²) in [5, 5.41) is 4.89. The van der Waals surface area contributed by atoms with Gasteiger partial charge in [0.1, 0.15) is 34.8 Å². The van der Waals surface area contributed by atoms with Gasteiger partial charge in [-0.05, 0) is 31.7 Å². The molecular weight excluding hydrogens is 459 g/mol. The minimum absolute atomic E-state index is 0.113. The summed E-state index contributed by atoms with van der Waals surface area (Å²) >= 11 is 5.66. The van der Waals surface area contributed by atoms with Crippen molar-refractivity contribution in [2.24, 2.45) is 0 Å². The Morgan fingerprint density at radius 1 is 1.27 bits per heavy atom. The number of hydrogen-bond donors (Lipinski definition) is 2. The van der Waals surface area contributed by atoms with Crippen molar-refractivity contribution in [3.05, 3.63) is 59.7 Å². The van der Waals surface area contributed by atoms with Crippen molar-refractivity contribution in [3.8, 4) is 5.75 Å². The molecule has 1 aliphatic rings. The summed E-state index contributed by atoms with van der Waals surface area (Å²) in [5.74, 6) is -3.65. The van der Waals surface area contributed by atoms with Gasteiger partial charge in [0.25, 0.3) is 5.91 Å². The molecule has 7 nitrogen and oxygen atoms in total. The van der Waals surface area contributed by atoms with Gasteiger partial charge in [0.15, 0.2) is 11.6 Å². The molecular formula is C22H19ClF3N5O2. The predicted octanol–water partition coefficient (Wildman–Crippen LogP) is 4.81. The monoisotopic (exact) mass is 477 g/mol. The summed E-state index contributed by atoms with van der Waals surface area (Å²) in [6.07, 6.45) is 1.90. The smallest absolute Gasteiger partial charge is 0.283 e. The van der Waals surface area contributed by atoms with Gasteiger partial charge >= 0.3 is 0 Å². The second-order valence-corrected chi connectivity index (χ2v) is 7.96. The summed E-state index contributed by atoms with van der Waals surface area (Å²) in [6.45, 7) is 4.54. The summed E-state index contributed by atoms with van der Waals surface area (Å²) < 4.78 is 47.4. The molecule has 0 bridgehead atoms. The third-order valence-corrected chi connectivity index (χ3v) is 5.51. The third kappa shape index (κ3) is 4.86. The molecule has 1 amide bonds. The van der Waals surface area contributed by atoms with Crippen LogP contribution in [-0.2, 0) is 4.79 Å². The number of hydrogen-bond acceptors (Lipinski definition) is 6. The first-order valence-corrected chi connectivity index (χ1v) is 10.3. The number of carbonyl (C=O) groups excluding carboxylic acids is 1. The van der Waals surface area contributed by atoms with Gasteiger partial charge < -0.3 is 20.3 Å². The van der Waals surface area contributed by atoms with E-state index in [1.165, 1.54) is 18.5 Å². The Hall–Kier alpha value is -3.37. The van der Waals surface area contributed by atoms with Crippen molar-refractivity contribution >= 4 is 45.6 Å². The highest BCUT2D eigenvalue weighted by Crippen LogP contribution is 2.36. The molecule has 2 aromatic carbocycles. The Morgan fingerprint density at radius 3 is 2.76 bits per heavy atom. The van der Waals surface area contributed by atoms with Crippen molar-refractivity contribution in [2.45, 2.75) is 12.5 Å². The number of halogens is 4. The zero-order valence-electron chi connectivity index (χ0n) is 17.5. The Morgan fingerprint density at radius 2 is 2.06 bits per heavy atom. The van der Waals surface area contributed by atoms with Crippen molar-refractivity contribution in [1.29, 1.82) is 0 Å². The summed E-state index contributed by atoms with van der Waals surface area (Å²) in [7, 11) is 1.96. The first-order valence-electron chi connectivity index (χ1n) is 9.93. The van der Waals surface area contributed by atoms with E-state index < -0.39 is 28.4 Å². The lowest BCUT2D eigenvalue weighted by Crippen LogP contribution is -2.22. The zero-order chi connectivity index (χ0) is 23.7. The number of amides is 1. The van der Waals surface area contributed by atoms with E-state index >= 15 is 0 Å². The van der Waals surface area contributed by atoms with Crippen LogP contribution >= 0.6 is 11.6 Å². The molecule has 2 heterocycles. The number of likely N-dealkylation sites (N-methyl/N-ethyl adjacent to an activating group) is 1. The average molecular weight is 478 g/mol. The molecule has 172 valence electrons. The molecule has 1 aromatic heterocycles. The lowest BCUT2D eigenvalue weighted by Gasteiger charge is -2.18. The standard InChI is InChI=1S/C22H19ClF3N5O2/c1-11(24)22(32)30-17-7-13-16(8-18(17)33-12-5-6-31(2)9-12)27-10-28-21(13)29-15-4-3-14(25)19(23)20(15)26/h3-4,7-8,10,12H,1,5-6,9H2,2H3,(H,30,32)(H,27,28,29). The van der Waals surface area contributed by atoms with Crippen molar-refractivity contribution in [2.75, 3.05) is 30.8 Å². The fraction of sp³-hybridized carbons (Fsp3) is 0.227. The number of nitrogens with one attached hydrogen (secondary N) is 2. The molecule has 1 saturated heterocycles. The lowest BCUT2D eigenvalue weighted by atomic mass is 10.1. The number of aromatic nitrogens is 2. The van der Waals surface area contributed by atoms with Crippen molar-refractivity contribution in [1.82, 2.24) is 14.9 Å². The van der Waals surface area contributed by atoms with E-state index in [1.807, 2.05) is 7.05 Å². The fourth-order valence-electron chi connectivity index (χ4n) is 3.49. The largest absolute Gasteiger partial charge is 0.487 e.